The second kappa shape index (κ2) is 10.5. The van der Waals surface area contributed by atoms with Crippen molar-refractivity contribution in [2.75, 3.05) is 6.54 Å². The topological polar surface area (TPSA) is 24.7 Å². The molecule has 0 aliphatic carbocycles. The first-order valence-electron chi connectivity index (χ1n) is 10.1. The van der Waals surface area contributed by atoms with Gasteiger partial charge >= 0.3 is 0 Å². The summed E-state index contributed by atoms with van der Waals surface area (Å²) in [7, 11) is 0. The highest BCUT2D eigenvalue weighted by atomic mass is 32.2. The van der Waals surface area contributed by atoms with Crippen molar-refractivity contribution >= 4 is 36.0 Å². The number of nitrogens with zero attached hydrogens (tertiary/aromatic N) is 2. The van der Waals surface area contributed by atoms with E-state index in [1.165, 1.54) is 20.9 Å². The summed E-state index contributed by atoms with van der Waals surface area (Å²) in [4.78, 5) is 12.0. The standard InChI is InChI=1S/C25H34N2S2/c1-19(27-18-21-13-9-11-15-23(21)29-25(5,6)7)16-26-17-20-12-8-10-14-22(20)28-24(2,3)4/h8-15,17-19H,16H2,1-7H3/b26-17+,27-18+. The summed E-state index contributed by atoms with van der Waals surface area (Å²) in [6.45, 7) is 16.2. The minimum absolute atomic E-state index is 0.140. The largest absolute Gasteiger partial charge is 0.290 e. The molecule has 0 aliphatic heterocycles. The van der Waals surface area contributed by atoms with Crippen molar-refractivity contribution in [2.24, 2.45) is 9.98 Å². The van der Waals surface area contributed by atoms with E-state index in [0.717, 1.165) is 0 Å². The minimum Gasteiger partial charge on any atom is -0.290 e. The van der Waals surface area contributed by atoms with Gasteiger partial charge < -0.3 is 0 Å². The van der Waals surface area contributed by atoms with Gasteiger partial charge in [-0.3, -0.25) is 9.98 Å². The van der Waals surface area contributed by atoms with E-state index in [0.29, 0.717) is 6.54 Å². The lowest BCUT2D eigenvalue weighted by Crippen LogP contribution is -2.08. The molecule has 0 aromatic heterocycles. The van der Waals surface area contributed by atoms with Gasteiger partial charge in [0, 0.05) is 42.8 Å². The Hall–Kier alpha value is -1.52. The van der Waals surface area contributed by atoms with Gasteiger partial charge in [-0.2, -0.15) is 0 Å². The minimum atomic E-state index is 0.140. The molecule has 0 heterocycles. The van der Waals surface area contributed by atoms with Crippen LogP contribution in [0.25, 0.3) is 0 Å². The van der Waals surface area contributed by atoms with E-state index in [2.05, 4.69) is 102 Å². The summed E-state index contributed by atoms with van der Waals surface area (Å²) in [6, 6.07) is 17.1. The molecular formula is C25H34N2S2. The van der Waals surface area contributed by atoms with E-state index < -0.39 is 0 Å². The van der Waals surface area contributed by atoms with Gasteiger partial charge in [0.1, 0.15) is 0 Å². The van der Waals surface area contributed by atoms with E-state index in [4.69, 9.17) is 4.99 Å². The first kappa shape index (κ1) is 23.8. The molecule has 0 saturated heterocycles. The molecule has 2 aromatic rings. The highest BCUT2D eigenvalue weighted by Crippen LogP contribution is 2.34. The zero-order valence-electron chi connectivity index (χ0n) is 18.8. The number of thioether (sulfide) groups is 2. The third-order valence-corrected chi connectivity index (χ3v) is 6.15. The van der Waals surface area contributed by atoms with E-state index in [9.17, 15) is 0 Å². The van der Waals surface area contributed by atoms with Crippen LogP contribution in [0.5, 0.6) is 0 Å². The molecule has 0 N–H and O–H groups in total. The Morgan fingerprint density at radius 2 is 1.21 bits per heavy atom. The molecule has 2 aromatic carbocycles. The molecule has 0 radical (unpaired) electrons. The smallest absolute Gasteiger partial charge is 0.0666 e. The maximum atomic E-state index is 4.74. The highest BCUT2D eigenvalue weighted by Gasteiger charge is 2.14. The Morgan fingerprint density at radius 3 is 1.69 bits per heavy atom. The summed E-state index contributed by atoms with van der Waals surface area (Å²) < 4.78 is 0.359. The highest BCUT2D eigenvalue weighted by molar-refractivity contribution is 8.01. The monoisotopic (exact) mass is 426 g/mol. The summed E-state index contributed by atoms with van der Waals surface area (Å²) in [6.07, 6.45) is 3.99. The molecular weight excluding hydrogens is 392 g/mol. The molecule has 0 saturated carbocycles. The van der Waals surface area contributed by atoms with Crippen molar-refractivity contribution in [3.63, 3.8) is 0 Å². The summed E-state index contributed by atoms with van der Waals surface area (Å²) >= 11 is 3.75. The van der Waals surface area contributed by atoms with Crippen molar-refractivity contribution in [3.8, 4) is 0 Å². The first-order valence-corrected chi connectivity index (χ1v) is 11.8. The fourth-order valence-corrected chi connectivity index (χ4v) is 4.67. The Kier molecular flexibility index (Phi) is 8.59. The molecule has 0 aliphatic rings. The molecule has 4 heteroatoms. The van der Waals surface area contributed by atoms with Crippen molar-refractivity contribution in [3.05, 3.63) is 59.7 Å². The van der Waals surface area contributed by atoms with Gasteiger partial charge in [-0.25, -0.2) is 0 Å². The van der Waals surface area contributed by atoms with Crippen LogP contribution in [0.3, 0.4) is 0 Å². The van der Waals surface area contributed by atoms with Crippen molar-refractivity contribution in [1.82, 2.24) is 0 Å². The maximum Gasteiger partial charge on any atom is 0.0666 e. The van der Waals surface area contributed by atoms with E-state index in [-0.39, 0.29) is 15.5 Å². The van der Waals surface area contributed by atoms with E-state index >= 15 is 0 Å². The molecule has 0 spiro atoms. The van der Waals surface area contributed by atoms with Crippen LogP contribution in [0.4, 0.5) is 0 Å². The molecule has 2 nitrogen and oxygen atoms in total. The van der Waals surface area contributed by atoms with Crippen molar-refractivity contribution in [2.45, 2.75) is 73.8 Å². The van der Waals surface area contributed by atoms with Crippen LogP contribution >= 0.6 is 23.5 Å². The number of aliphatic imine (C=N–C) groups is 2. The average molecular weight is 427 g/mol. The molecule has 29 heavy (non-hydrogen) atoms. The van der Waals surface area contributed by atoms with Crippen LogP contribution in [0.1, 0.15) is 59.6 Å². The second-order valence-corrected chi connectivity index (χ2v) is 12.9. The van der Waals surface area contributed by atoms with Crippen LogP contribution in [-0.2, 0) is 0 Å². The van der Waals surface area contributed by atoms with Crippen LogP contribution in [0.2, 0.25) is 0 Å². The van der Waals surface area contributed by atoms with Crippen molar-refractivity contribution in [1.29, 1.82) is 0 Å². The SMILES string of the molecule is CC(C/N=C/c1ccccc1SC(C)(C)C)/N=C/c1ccccc1SC(C)(C)C. The fourth-order valence-electron chi connectivity index (χ4n) is 2.58. The van der Waals surface area contributed by atoms with Crippen LogP contribution in [0.15, 0.2) is 68.3 Å². The average Bonchev–Trinajstić information content (AvgIpc) is 2.60. The third kappa shape index (κ3) is 9.22. The lowest BCUT2D eigenvalue weighted by molar-refractivity contribution is 0.761. The summed E-state index contributed by atoms with van der Waals surface area (Å²) in [5.41, 5.74) is 2.35. The molecule has 0 amide bonds. The lowest BCUT2D eigenvalue weighted by atomic mass is 10.2. The zero-order chi connectivity index (χ0) is 21.5. The summed E-state index contributed by atoms with van der Waals surface area (Å²) in [5, 5.41) is 0. The maximum absolute atomic E-state index is 4.74. The van der Waals surface area contributed by atoms with Gasteiger partial charge in [0.2, 0.25) is 0 Å². The van der Waals surface area contributed by atoms with Gasteiger partial charge in [0.25, 0.3) is 0 Å². The van der Waals surface area contributed by atoms with Gasteiger partial charge in [0.05, 0.1) is 12.6 Å². The number of hydrogen-bond donors (Lipinski definition) is 0. The van der Waals surface area contributed by atoms with Gasteiger partial charge in [-0.05, 0) is 19.1 Å². The third-order valence-electron chi connectivity index (χ3n) is 3.74. The predicted octanol–water partition coefficient (Wildman–Crippen LogP) is 7.39. The molecule has 0 fully saturated rings. The van der Waals surface area contributed by atoms with Crippen molar-refractivity contribution < 1.29 is 0 Å². The molecule has 1 unspecified atom stereocenters. The Labute approximate surface area is 185 Å². The molecule has 0 bridgehead atoms. The van der Waals surface area contributed by atoms with Gasteiger partial charge in [-0.1, -0.05) is 77.9 Å². The van der Waals surface area contributed by atoms with E-state index in [1.807, 2.05) is 36.0 Å². The zero-order valence-corrected chi connectivity index (χ0v) is 20.4. The first-order chi connectivity index (χ1) is 13.5. The number of rotatable bonds is 7. The Balaban J connectivity index is 2.02. The van der Waals surface area contributed by atoms with Crippen LogP contribution in [0, 0.1) is 0 Å². The van der Waals surface area contributed by atoms with Crippen LogP contribution in [-0.4, -0.2) is 34.5 Å². The van der Waals surface area contributed by atoms with E-state index in [1.54, 1.807) is 0 Å². The summed E-state index contributed by atoms with van der Waals surface area (Å²) in [5.74, 6) is 0. The predicted molar refractivity (Wildman–Crippen MR) is 134 cm³/mol. The number of benzene rings is 2. The van der Waals surface area contributed by atoms with Crippen LogP contribution < -0.4 is 0 Å². The normalized spacial score (nSPS) is 14.0. The van der Waals surface area contributed by atoms with Gasteiger partial charge in [0.15, 0.2) is 0 Å². The molecule has 156 valence electrons. The molecule has 1 atom stereocenters. The molecule has 2 rings (SSSR count). The Morgan fingerprint density at radius 1 is 0.759 bits per heavy atom. The second-order valence-electron chi connectivity index (χ2n) is 9.13. The lowest BCUT2D eigenvalue weighted by Gasteiger charge is -2.19. The Bertz CT molecular complexity index is 842. The van der Waals surface area contributed by atoms with Gasteiger partial charge in [-0.15, -0.1) is 23.5 Å². The quantitative estimate of drug-likeness (QED) is 0.340. The fraction of sp³-hybridized carbons (Fsp3) is 0.440. The number of hydrogen-bond acceptors (Lipinski definition) is 4.